The van der Waals surface area contributed by atoms with E-state index in [1.807, 2.05) is 36.4 Å². The van der Waals surface area contributed by atoms with Crippen molar-refractivity contribution in [3.63, 3.8) is 0 Å². The van der Waals surface area contributed by atoms with Gasteiger partial charge in [-0.2, -0.15) is 16.8 Å². The number of rotatable bonds is 12. The zero-order valence-corrected chi connectivity index (χ0v) is 32.4. The van der Waals surface area contributed by atoms with Crippen LogP contribution >= 0.6 is 23.2 Å². The van der Waals surface area contributed by atoms with Crippen LogP contribution in [0.5, 0.6) is 5.75 Å². The van der Waals surface area contributed by atoms with Crippen molar-refractivity contribution in [2.24, 2.45) is 5.92 Å². The maximum absolute atomic E-state index is 12.0. The van der Waals surface area contributed by atoms with Crippen molar-refractivity contribution in [2.45, 2.75) is 66.4 Å². The Labute approximate surface area is 320 Å². The minimum atomic E-state index is -4.47. The van der Waals surface area contributed by atoms with E-state index in [2.05, 4.69) is 19.1 Å². The predicted octanol–water partition coefficient (Wildman–Crippen LogP) is 6.66. The lowest BCUT2D eigenvalue weighted by molar-refractivity contribution is -0.886. The number of nitrogens with one attached hydrogen (secondary N) is 1. The highest BCUT2D eigenvalue weighted by atomic mass is 35.5. The summed E-state index contributed by atoms with van der Waals surface area (Å²) in [5.41, 5.74) is -0.359. The number of quaternary nitrogens is 1. The minimum Gasteiger partial charge on any atom is -0.493 e. The van der Waals surface area contributed by atoms with Crippen molar-refractivity contribution in [3.05, 3.63) is 118 Å². The fraction of sp³-hybridized carbons (Fsp3) is 0.342. The third kappa shape index (κ3) is 9.97. The second kappa shape index (κ2) is 17.3. The van der Waals surface area contributed by atoms with E-state index < -0.39 is 35.6 Å². The normalized spacial score (nSPS) is 15.8. The van der Waals surface area contributed by atoms with Gasteiger partial charge in [0, 0.05) is 29.2 Å². The number of ether oxygens (including phenoxy) is 1. The zero-order valence-electron chi connectivity index (χ0n) is 29.3. The molecule has 0 aliphatic heterocycles. The van der Waals surface area contributed by atoms with E-state index in [-0.39, 0.29) is 22.7 Å². The SMILES string of the molecule is C[NH+](C)C(CCOc1ccc(Cl)c(Cl)c1)Cc1cnc([C@](O)(c2ccccc2)C2CCCCC2)o1.O=S(=O)(O)c1cccc2c(S(=O)(=O)O)cccc12. The quantitative estimate of drug-likeness (QED) is 0.100. The van der Waals surface area contributed by atoms with Crippen molar-refractivity contribution >= 4 is 54.2 Å². The van der Waals surface area contributed by atoms with Gasteiger partial charge in [0.1, 0.15) is 21.3 Å². The summed E-state index contributed by atoms with van der Waals surface area (Å²) in [6.45, 7) is 0.546. The van der Waals surface area contributed by atoms with Gasteiger partial charge in [0.25, 0.3) is 20.2 Å². The summed E-state index contributed by atoms with van der Waals surface area (Å²) in [5, 5.41) is 13.1. The summed E-state index contributed by atoms with van der Waals surface area (Å²) in [6, 6.07) is 22.9. The molecule has 284 valence electrons. The molecule has 5 aromatic rings. The average Bonchev–Trinajstić information content (AvgIpc) is 3.61. The van der Waals surface area contributed by atoms with E-state index in [0.717, 1.165) is 55.6 Å². The monoisotopic (exact) mass is 805 g/mol. The molecule has 1 heterocycles. The van der Waals surface area contributed by atoms with Crippen LogP contribution in [0.15, 0.2) is 105 Å². The molecule has 1 aliphatic carbocycles. The third-order valence-corrected chi connectivity index (χ3v) is 12.1. The highest BCUT2D eigenvalue weighted by molar-refractivity contribution is 7.86. The highest BCUT2D eigenvalue weighted by Crippen LogP contribution is 2.43. The minimum absolute atomic E-state index is 0.0233. The molecule has 1 saturated carbocycles. The molecule has 0 radical (unpaired) electrons. The molecule has 0 amide bonds. The lowest BCUT2D eigenvalue weighted by Gasteiger charge is -2.36. The van der Waals surface area contributed by atoms with Crippen LogP contribution in [-0.2, 0) is 32.3 Å². The van der Waals surface area contributed by atoms with Gasteiger partial charge in [-0.1, -0.05) is 97.1 Å². The summed E-state index contributed by atoms with van der Waals surface area (Å²) < 4.78 is 74.9. The number of oxazole rings is 1. The standard InChI is InChI=1S/C28H34Cl2N2O3.C10H8O6S2/c1-32(2)22(15-16-34-23-13-14-25(29)26(30)18-23)17-24-19-31-27(35-24)28(33,20-9-5-3-6-10-20)21-11-7-4-8-12-21;11-17(12,13)9-5-1-3-7-8(9)4-2-6-10(7)18(14,15)16/h3,5-6,9-10,13-14,18-19,21-22,33H,4,7-8,11-12,15-17H2,1-2H3;1-6H,(H,11,12,13)(H,14,15,16)/p+1/t22?,28-;/m0./s1. The summed E-state index contributed by atoms with van der Waals surface area (Å²) in [7, 11) is -4.68. The molecule has 6 rings (SSSR count). The number of halogens is 2. The molecule has 1 aliphatic rings. The second-order valence-electron chi connectivity index (χ2n) is 13.3. The van der Waals surface area contributed by atoms with Gasteiger partial charge in [-0.15, -0.1) is 0 Å². The molecular weight excluding hydrogens is 763 g/mol. The largest absolute Gasteiger partial charge is 0.493 e. The number of fused-ring (bicyclic) bond motifs is 1. The second-order valence-corrected chi connectivity index (χ2v) is 16.9. The molecule has 4 aromatic carbocycles. The van der Waals surface area contributed by atoms with Crippen molar-refractivity contribution in [1.82, 2.24) is 4.98 Å². The van der Waals surface area contributed by atoms with Crippen molar-refractivity contribution in [2.75, 3.05) is 20.7 Å². The fourth-order valence-electron chi connectivity index (χ4n) is 6.75. The first-order valence-electron chi connectivity index (χ1n) is 17.2. The molecule has 1 unspecified atom stereocenters. The Morgan fingerprint density at radius 3 is 2.00 bits per heavy atom. The van der Waals surface area contributed by atoms with Crippen molar-refractivity contribution < 1.29 is 45.1 Å². The van der Waals surface area contributed by atoms with E-state index >= 15 is 0 Å². The molecule has 11 nitrogen and oxygen atoms in total. The van der Waals surface area contributed by atoms with Crippen LogP contribution in [-0.4, -0.2) is 62.8 Å². The molecule has 0 bridgehead atoms. The number of benzene rings is 4. The molecule has 53 heavy (non-hydrogen) atoms. The van der Waals surface area contributed by atoms with E-state index in [0.29, 0.717) is 34.7 Å². The Morgan fingerprint density at radius 2 is 1.45 bits per heavy atom. The Hall–Kier alpha value is -3.53. The van der Waals surface area contributed by atoms with Gasteiger partial charge in [-0.05, 0) is 42.7 Å². The van der Waals surface area contributed by atoms with Crippen LogP contribution in [0.25, 0.3) is 10.8 Å². The summed E-state index contributed by atoms with van der Waals surface area (Å²) >= 11 is 12.1. The fourth-order valence-corrected chi connectivity index (χ4v) is 8.45. The molecule has 1 fully saturated rings. The Balaban J connectivity index is 0.000000252. The maximum Gasteiger partial charge on any atom is 0.295 e. The summed E-state index contributed by atoms with van der Waals surface area (Å²) in [5.74, 6) is 1.99. The van der Waals surface area contributed by atoms with Crippen LogP contribution in [0.4, 0.5) is 0 Å². The average molecular weight is 807 g/mol. The first-order valence-corrected chi connectivity index (χ1v) is 20.8. The van der Waals surface area contributed by atoms with Gasteiger partial charge in [0.05, 0.1) is 49.4 Å². The molecule has 2 atom stereocenters. The van der Waals surface area contributed by atoms with E-state index in [1.54, 1.807) is 18.3 Å². The zero-order chi connectivity index (χ0) is 38.4. The molecule has 15 heteroatoms. The van der Waals surface area contributed by atoms with Crippen LogP contribution in [0, 0.1) is 5.92 Å². The lowest BCUT2D eigenvalue weighted by Crippen LogP contribution is -3.10. The van der Waals surface area contributed by atoms with E-state index in [4.69, 9.17) is 41.5 Å². The molecular formula is C38H43Cl2N2O9S2+. The first-order chi connectivity index (χ1) is 25.1. The van der Waals surface area contributed by atoms with Crippen molar-refractivity contribution in [1.29, 1.82) is 0 Å². The number of aliphatic hydroxyl groups is 1. The first kappa shape index (κ1) is 40.7. The van der Waals surface area contributed by atoms with Crippen LogP contribution in [0.2, 0.25) is 10.0 Å². The predicted molar refractivity (Wildman–Crippen MR) is 203 cm³/mol. The van der Waals surface area contributed by atoms with Gasteiger partial charge in [-0.3, -0.25) is 9.11 Å². The summed E-state index contributed by atoms with van der Waals surface area (Å²) in [4.78, 5) is 5.09. The van der Waals surface area contributed by atoms with Gasteiger partial charge in [0.15, 0.2) is 5.60 Å². The number of hydrogen-bond donors (Lipinski definition) is 4. The lowest BCUT2D eigenvalue weighted by atomic mass is 9.73. The number of nitrogens with zero attached hydrogens (tertiary/aromatic N) is 1. The van der Waals surface area contributed by atoms with Crippen LogP contribution < -0.4 is 9.64 Å². The van der Waals surface area contributed by atoms with Gasteiger partial charge in [0.2, 0.25) is 5.89 Å². The molecule has 0 saturated heterocycles. The highest BCUT2D eigenvalue weighted by Gasteiger charge is 2.44. The van der Waals surface area contributed by atoms with Gasteiger partial charge >= 0.3 is 0 Å². The van der Waals surface area contributed by atoms with Gasteiger partial charge < -0.3 is 19.2 Å². The number of hydrogen-bond acceptors (Lipinski definition) is 8. The Kier molecular flexibility index (Phi) is 13.3. The molecule has 1 aromatic heterocycles. The Morgan fingerprint density at radius 1 is 0.849 bits per heavy atom. The topological polar surface area (TPSA) is 169 Å². The third-order valence-electron chi connectivity index (χ3n) is 9.58. The smallest absolute Gasteiger partial charge is 0.295 e. The Bertz CT molecular complexity index is 2160. The van der Waals surface area contributed by atoms with Crippen LogP contribution in [0.1, 0.15) is 55.7 Å². The molecule has 4 N–H and O–H groups in total. The summed E-state index contributed by atoms with van der Waals surface area (Å²) in [6.07, 6.45) is 8.72. The maximum atomic E-state index is 12.0. The number of aromatic nitrogens is 1. The van der Waals surface area contributed by atoms with Crippen LogP contribution in [0.3, 0.4) is 0 Å². The molecule has 0 spiro atoms. The van der Waals surface area contributed by atoms with Crippen molar-refractivity contribution in [3.8, 4) is 5.75 Å². The van der Waals surface area contributed by atoms with E-state index in [9.17, 15) is 21.9 Å². The number of likely N-dealkylation sites (N-methyl/N-ethyl adjacent to an activating group) is 1. The van der Waals surface area contributed by atoms with E-state index in [1.165, 1.54) is 35.6 Å². The van der Waals surface area contributed by atoms with Gasteiger partial charge in [-0.25, -0.2) is 4.98 Å².